The maximum absolute atomic E-state index is 12.5. The Morgan fingerprint density at radius 1 is 1.22 bits per heavy atom. The SMILES string of the molecule is CC(C)(Sc1ccccc1)C(=O)N1CCNCC1. The highest BCUT2D eigenvalue weighted by molar-refractivity contribution is 8.01. The van der Waals surface area contributed by atoms with Crippen LogP contribution >= 0.6 is 11.8 Å². The van der Waals surface area contributed by atoms with Gasteiger partial charge in [0.15, 0.2) is 0 Å². The molecular weight excluding hydrogens is 244 g/mol. The zero-order valence-electron chi connectivity index (χ0n) is 11.0. The zero-order chi connectivity index (χ0) is 13.0. The smallest absolute Gasteiger partial charge is 0.238 e. The van der Waals surface area contributed by atoms with Crippen LogP contribution in [-0.4, -0.2) is 41.7 Å². The Hall–Kier alpha value is -1.00. The van der Waals surface area contributed by atoms with Crippen molar-refractivity contribution in [1.29, 1.82) is 0 Å². The number of thioether (sulfide) groups is 1. The van der Waals surface area contributed by atoms with Crippen molar-refractivity contribution in [2.45, 2.75) is 23.5 Å². The van der Waals surface area contributed by atoms with Gasteiger partial charge in [-0.3, -0.25) is 4.79 Å². The van der Waals surface area contributed by atoms with Gasteiger partial charge >= 0.3 is 0 Å². The van der Waals surface area contributed by atoms with Crippen molar-refractivity contribution >= 4 is 17.7 Å². The first kappa shape index (κ1) is 13.4. The number of hydrogen-bond acceptors (Lipinski definition) is 3. The van der Waals surface area contributed by atoms with Gasteiger partial charge in [0.1, 0.15) is 0 Å². The maximum atomic E-state index is 12.5. The van der Waals surface area contributed by atoms with Crippen LogP contribution in [0.25, 0.3) is 0 Å². The summed E-state index contributed by atoms with van der Waals surface area (Å²) in [4.78, 5) is 15.6. The highest BCUT2D eigenvalue weighted by Crippen LogP contribution is 2.33. The summed E-state index contributed by atoms with van der Waals surface area (Å²) in [5.41, 5.74) is 0. The molecule has 2 rings (SSSR count). The molecule has 1 heterocycles. The fraction of sp³-hybridized carbons (Fsp3) is 0.500. The van der Waals surface area contributed by atoms with Crippen molar-refractivity contribution in [3.05, 3.63) is 30.3 Å². The minimum absolute atomic E-state index is 0.234. The molecule has 1 aromatic rings. The fourth-order valence-electron chi connectivity index (χ4n) is 2.08. The third kappa shape index (κ3) is 3.27. The van der Waals surface area contributed by atoms with E-state index in [4.69, 9.17) is 0 Å². The molecule has 1 N–H and O–H groups in total. The second-order valence-electron chi connectivity index (χ2n) is 4.97. The monoisotopic (exact) mass is 264 g/mol. The van der Waals surface area contributed by atoms with Crippen LogP contribution in [-0.2, 0) is 4.79 Å². The van der Waals surface area contributed by atoms with Gasteiger partial charge in [-0.2, -0.15) is 0 Å². The van der Waals surface area contributed by atoms with Gasteiger partial charge in [-0.1, -0.05) is 18.2 Å². The number of nitrogens with one attached hydrogen (secondary N) is 1. The predicted octanol–water partition coefficient (Wildman–Crippen LogP) is 1.99. The molecule has 98 valence electrons. The lowest BCUT2D eigenvalue weighted by Gasteiger charge is -2.34. The molecule has 1 aromatic carbocycles. The van der Waals surface area contributed by atoms with Crippen molar-refractivity contribution in [2.24, 2.45) is 0 Å². The van der Waals surface area contributed by atoms with Gasteiger partial charge in [0.25, 0.3) is 0 Å². The summed E-state index contributed by atoms with van der Waals surface area (Å²) in [5, 5.41) is 3.27. The van der Waals surface area contributed by atoms with Crippen LogP contribution in [0.4, 0.5) is 0 Å². The van der Waals surface area contributed by atoms with E-state index >= 15 is 0 Å². The molecule has 3 nitrogen and oxygen atoms in total. The van der Waals surface area contributed by atoms with Gasteiger partial charge in [0.05, 0.1) is 4.75 Å². The van der Waals surface area contributed by atoms with E-state index in [0.717, 1.165) is 31.1 Å². The van der Waals surface area contributed by atoms with Crippen LogP contribution in [0.15, 0.2) is 35.2 Å². The second-order valence-corrected chi connectivity index (χ2v) is 6.66. The molecule has 1 aliphatic heterocycles. The highest BCUT2D eigenvalue weighted by Gasteiger charge is 2.33. The predicted molar refractivity (Wildman–Crippen MR) is 75.8 cm³/mol. The van der Waals surface area contributed by atoms with Crippen LogP contribution in [0.1, 0.15) is 13.8 Å². The average molecular weight is 264 g/mol. The lowest BCUT2D eigenvalue weighted by Crippen LogP contribution is -2.51. The van der Waals surface area contributed by atoms with Crippen molar-refractivity contribution in [3.63, 3.8) is 0 Å². The van der Waals surface area contributed by atoms with Gasteiger partial charge < -0.3 is 10.2 Å². The number of piperazine rings is 1. The first-order valence-corrected chi connectivity index (χ1v) is 7.15. The summed E-state index contributed by atoms with van der Waals surface area (Å²) in [7, 11) is 0. The summed E-state index contributed by atoms with van der Waals surface area (Å²) in [6, 6.07) is 10.1. The first-order valence-electron chi connectivity index (χ1n) is 6.34. The van der Waals surface area contributed by atoms with Gasteiger partial charge in [-0.25, -0.2) is 0 Å². The summed E-state index contributed by atoms with van der Waals surface area (Å²) < 4.78 is -0.404. The highest BCUT2D eigenvalue weighted by atomic mass is 32.2. The molecule has 0 radical (unpaired) electrons. The third-order valence-corrected chi connectivity index (χ3v) is 4.23. The number of rotatable bonds is 3. The number of benzene rings is 1. The molecule has 0 spiro atoms. The van der Waals surface area contributed by atoms with E-state index in [0.29, 0.717) is 0 Å². The van der Waals surface area contributed by atoms with Crippen LogP contribution in [0.2, 0.25) is 0 Å². The van der Waals surface area contributed by atoms with Crippen molar-refractivity contribution in [1.82, 2.24) is 10.2 Å². The number of hydrogen-bond donors (Lipinski definition) is 1. The van der Waals surface area contributed by atoms with E-state index in [-0.39, 0.29) is 5.91 Å². The molecule has 1 aliphatic rings. The lowest BCUT2D eigenvalue weighted by atomic mass is 10.1. The average Bonchev–Trinajstić information content (AvgIpc) is 2.39. The number of amides is 1. The Morgan fingerprint density at radius 2 is 1.83 bits per heavy atom. The molecule has 4 heteroatoms. The van der Waals surface area contributed by atoms with E-state index in [1.165, 1.54) is 0 Å². The molecule has 0 saturated carbocycles. The molecule has 0 aliphatic carbocycles. The van der Waals surface area contributed by atoms with Gasteiger partial charge in [-0.15, -0.1) is 11.8 Å². The maximum Gasteiger partial charge on any atom is 0.238 e. The Morgan fingerprint density at radius 3 is 2.44 bits per heavy atom. The summed E-state index contributed by atoms with van der Waals surface area (Å²) in [6.07, 6.45) is 0. The molecule has 1 fully saturated rings. The normalized spacial score (nSPS) is 16.7. The van der Waals surface area contributed by atoms with Crippen LogP contribution in [0, 0.1) is 0 Å². The van der Waals surface area contributed by atoms with Crippen LogP contribution in [0.3, 0.4) is 0 Å². The van der Waals surface area contributed by atoms with E-state index in [1.807, 2.05) is 36.9 Å². The van der Waals surface area contributed by atoms with Crippen molar-refractivity contribution < 1.29 is 4.79 Å². The third-order valence-electron chi connectivity index (χ3n) is 3.04. The van der Waals surface area contributed by atoms with E-state index < -0.39 is 4.75 Å². The molecule has 0 unspecified atom stereocenters. The van der Waals surface area contributed by atoms with Crippen LogP contribution < -0.4 is 5.32 Å². The van der Waals surface area contributed by atoms with Gasteiger partial charge in [-0.05, 0) is 26.0 Å². The molecule has 18 heavy (non-hydrogen) atoms. The number of nitrogens with zero attached hydrogens (tertiary/aromatic N) is 1. The zero-order valence-corrected chi connectivity index (χ0v) is 11.8. The van der Waals surface area contributed by atoms with E-state index in [9.17, 15) is 4.79 Å². The standard InChI is InChI=1S/C14H20N2OS/c1-14(2,18-12-6-4-3-5-7-12)13(17)16-10-8-15-9-11-16/h3-7,15H,8-11H2,1-2H3. The number of carbonyl (C=O) groups excluding carboxylic acids is 1. The number of carbonyl (C=O) groups is 1. The topological polar surface area (TPSA) is 32.3 Å². The van der Waals surface area contributed by atoms with Gasteiger partial charge in [0.2, 0.25) is 5.91 Å². The molecule has 0 aromatic heterocycles. The Bertz CT molecular complexity index is 400. The van der Waals surface area contributed by atoms with Gasteiger partial charge in [0, 0.05) is 31.1 Å². The molecular formula is C14H20N2OS. The second kappa shape index (κ2) is 5.76. The summed E-state index contributed by atoms with van der Waals surface area (Å²) in [5.74, 6) is 0.234. The molecule has 0 bridgehead atoms. The molecule has 0 atom stereocenters. The lowest BCUT2D eigenvalue weighted by molar-refractivity contribution is -0.133. The van der Waals surface area contributed by atoms with Crippen LogP contribution in [0.5, 0.6) is 0 Å². The quantitative estimate of drug-likeness (QED) is 0.847. The van der Waals surface area contributed by atoms with E-state index in [2.05, 4.69) is 17.4 Å². The summed E-state index contributed by atoms with van der Waals surface area (Å²) in [6.45, 7) is 7.45. The fourth-order valence-corrected chi connectivity index (χ4v) is 3.17. The Kier molecular flexibility index (Phi) is 4.30. The van der Waals surface area contributed by atoms with Crippen molar-refractivity contribution in [3.8, 4) is 0 Å². The van der Waals surface area contributed by atoms with Crippen molar-refractivity contribution in [2.75, 3.05) is 26.2 Å². The minimum atomic E-state index is -0.404. The first-order chi connectivity index (χ1) is 8.59. The Labute approximate surface area is 113 Å². The molecule has 1 saturated heterocycles. The summed E-state index contributed by atoms with van der Waals surface area (Å²) >= 11 is 1.64. The largest absolute Gasteiger partial charge is 0.339 e. The Balaban J connectivity index is 2.03. The van der Waals surface area contributed by atoms with E-state index in [1.54, 1.807) is 11.8 Å². The minimum Gasteiger partial charge on any atom is -0.339 e. The molecule has 1 amide bonds.